The smallest absolute Gasteiger partial charge is 0.0623 e. The van der Waals surface area contributed by atoms with Gasteiger partial charge >= 0.3 is 0 Å². The van der Waals surface area contributed by atoms with Crippen molar-refractivity contribution in [1.82, 2.24) is 10.2 Å². The van der Waals surface area contributed by atoms with Crippen LogP contribution in [-0.4, -0.2) is 47.8 Å². The van der Waals surface area contributed by atoms with Gasteiger partial charge in [-0.3, -0.25) is 4.90 Å². The summed E-state index contributed by atoms with van der Waals surface area (Å²) in [4.78, 5) is 2.62. The third kappa shape index (κ3) is 5.80. The summed E-state index contributed by atoms with van der Waals surface area (Å²) in [6.07, 6.45) is 6.53. The van der Waals surface area contributed by atoms with Gasteiger partial charge in [-0.05, 0) is 38.6 Å². The molecular formula is C16H34N2O. The van der Waals surface area contributed by atoms with E-state index in [2.05, 4.69) is 37.9 Å². The number of aliphatic hydroxyl groups excluding tert-OH is 1. The van der Waals surface area contributed by atoms with Crippen LogP contribution >= 0.6 is 0 Å². The molecule has 0 aromatic rings. The van der Waals surface area contributed by atoms with E-state index in [0.717, 1.165) is 32.1 Å². The monoisotopic (exact) mass is 270 g/mol. The normalized spacial score (nSPS) is 20.4. The van der Waals surface area contributed by atoms with Crippen LogP contribution in [0.25, 0.3) is 0 Å². The van der Waals surface area contributed by atoms with Gasteiger partial charge in [0.15, 0.2) is 0 Å². The predicted octanol–water partition coefficient (Wildman–Crippen LogP) is 2.64. The average Bonchev–Trinajstić information content (AvgIpc) is 2.89. The largest absolute Gasteiger partial charge is 0.394 e. The highest BCUT2D eigenvalue weighted by Crippen LogP contribution is 2.25. The van der Waals surface area contributed by atoms with Crippen LogP contribution in [-0.2, 0) is 0 Å². The number of hydrogen-bond acceptors (Lipinski definition) is 3. The zero-order valence-electron chi connectivity index (χ0n) is 13.4. The van der Waals surface area contributed by atoms with Crippen LogP contribution < -0.4 is 5.32 Å². The standard InChI is InChI=1S/C16H34N2O/c1-5-10-17-16(4,13-19)12-18(11-14(2)3)15-8-6-7-9-15/h14-15,17,19H,5-13H2,1-4H3. The molecule has 19 heavy (non-hydrogen) atoms. The maximum Gasteiger partial charge on any atom is 0.0623 e. The zero-order valence-corrected chi connectivity index (χ0v) is 13.4. The van der Waals surface area contributed by atoms with Gasteiger partial charge in [0.25, 0.3) is 0 Å². The SMILES string of the molecule is CCCNC(C)(CO)CN(CC(C)C)C1CCCC1. The van der Waals surface area contributed by atoms with Crippen LogP contribution in [0.4, 0.5) is 0 Å². The Morgan fingerprint density at radius 3 is 2.42 bits per heavy atom. The lowest BCUT2D eigenvalue weighted by molar-refractivity contribution is 0.0870. The van der Waals surface area contributed by atoms with E-state index in [1.54, 1.807) is 0 Å². The highest BCUT2D eigenvalue weighted by atomic mass is 16.3. The Kier molecular flexibility index (Phi) is 7.33. The Bertz CT molecular complexity index is 239. The topological polar surface area (TPSA) is 35.5 Å². The Balaban J connectivity index is 2.62. The minimum absolute atomic E-state index is 0.159. The fourth-order valence-electron chi connectivity index (χ4n) is 3.12. The molecule has 0 aromatic carbocycles. The quantitative estimate of drug-likeness (QED) is 0.676. The first kappa shape index (κ1) is 16.9. The first-order valence-electron chi connectivity index (χ1n) is 8.10. The molecular weight excluding hydrogens is 236 g/mol. The average molecular weight is 270 g/mol. The third-order valence-corrected chi connectivity index (χ3v) is 4.14. The van der Waals surface area contributed by atoms with E-state index in [1.807, 2.05) is 0 Å². The fraction of sp³-hybridized carbons (Fsp3) is 1.00. The molecule has 0 saturated heterocycles. The Labute approximate surface area is 119 Å². The summed E-state index contributed by atoms with van der Waals surface area (Å²) in [5.74, 6) is 0.690. The van der Waals surface area contributed by atoms with Gasteiger partial charge in [-0.15, -0.1) is 0 Å². The van der Waals surface area contributed by atoms with Gasteiger partial charge < -0.3 is 10.4 Å². The molecule has 1 saturated carbocycles. The lowest BCUT2D eigenvalue weighted by Crippen LogP contribution is -2.56. The second kappa shape index (κ2) is 8.23. The number of nitrogens with zero attached hydrogens (tertiary/aromatic N) is 1. The van der Waals surface area contributed by atoms with E-state index in [9.17, 15) is 5.11 Å². The van der Waals surface area contributed by atoms with Crippen molar-refractivity contribution in [1.29, 1.82) is 0 Å². The van der Waals surface area contributed by atoms with Crippen molar-refractivity contribution in [2.45, 2.75) is 71.4 Å². The van der Waals surface area contributed by atoms with Gasteiger partial charge in [-0.2, -0.15) is 0 Å². The molecule has 0 radical (unpaired) electrons. The van der Waals surface area contributed by atoms with Crippen LogP contribution in [0.3, 0.4) is 0 Å². The highest BCUT2D eigenvalue weighted by molar-refractivity contribution is 4.89. The van der Waals surface area contributed by atoms with Crippen molar-refractivity contribution in [2.24, 2.45) is 5.92 Å². The van der Waals surface area contributed by atoms with E-state index in [-0.39, 0.29) is 12.1 Å². The van der Waals surface area contributed by atoms with E-state index in [4.69, 9.17) is 0 Å². The summed E-state index contributed by atoms with van der Waals surface area (Å²) in [6.45, 7) is 12.2. The molecule has 0 heterocycles. The minimum Gasteiger partial charge on any atom is -0.394 e. The molecule has 3 heteroatoms. The molecule has 1 aliphatic carbocycles. The van der Waals surface area contributed by atoms with Crippen LogP contribution in [0.2, 0.25) is 0 Å². The maximum absolute atomic E-state index is 9.75. The van der Waals surface area contributed by atoms with Gasteiger partial charge in [-0.1, -0.05) is 33.6 Å². The molecule has 2 N–H and O–H groups in total. The second-order valence-electron chi connectivity index (χ2n) is 6.91. The van der Waals surface area contributed by atoms with Crippen LogP contribution in [0.1, 0.15) is 59.8 Å². The number of hydrogen-bond donors (Lipinski definition) is 2. The number of rotatable bonds is 9. The summed E-state index contributed by atoms with van der Waals surface area (Å²) in [6, 6.07) is 0.733. The summed E-state index contributed by atoms with van der Waals surface area (Å²) >= 11 is 0. The maximum atomic E-state index is 9.75. The van der Waals surface area contributed by atoms with Crippen molar-refractivity contribution >= 4 is 0 Å². The molecule has 1 rings (SSSR count). The van der Waals surface area contributed by atoms with E-state index in [0.29, 0.717) is 5.92 Å². The number of nitrogens with one attached hydrogen (secondary N) is 1. The Morgan fingerprint density at radius 1 is 1.32 bits per heavy atom. The molecule has 0 bridgehead atoms. The molecule has 3 nitrogen and oxygen atoms in total. The first-order valence-corrected chi connectivity index (χ1v) is 8.10. The van der Waals surface area contributed by atoms with Gasteiger partial charge in [0.2, 0.25) is 0 Å². The molecule has 0 amide bonds. The number of aliphatic hydroxyl groups is 1. The predicted molar refractivity (Wildman–Crippen MR) is 82.5 cm³/mol. The van der Waals surface area contributed by atoms with Crippen molar-refractivity contribution in [3.8, 4) is 0 Å². The van der Waals surface area contributed by atoms with Gasteiger partial charge in [0.1, 0.15) is 0 Å². The van der Waals surface area contributed by atoms with Crippen molar-refractivity contribution in [2.75, 3.05) is 26.2 Å². The van der Waals surface area contributed by atoms with Gasteiger partial charge in [0, 0.05) is 19.1 Å². The summed E-state index contributed by atoms with van der Waals surface area (Å²) < 4.78 is 0. The Hall–Kier alpha value is -0.120. The minimum atomic E-state index is -0.159. The van der Waals surface area contributed by atoms with Gasteiger partial charge in [0.05, 0.1) is 12.1 Å². The lowest BCUT2D eigenvalue weighted by Gasteiger charge is -2.39. The Morgan fingerprint density at radius 2 is 1.95 bits per heavy atom. The second-order valence-corrected chi connectivity index (χ2v) is 6.91. The van der Waals surface area contributed by atoms with Crippen LogP contribution in [0, 0.1) is 5.92 Å². The van der Waals surface area contributed by atoms with Gasteiger partial charge in [-0.25, -0.2) is 0 Å². The third-order valence-electron chi connectivity index (χ3n) is 4.14. The molecule has 114 valence electrons. The molecule has 1 atom stereocenters. The lowest BCUT2D eigenvalue weighted by atomic mass is 9.99. The van der Waals surface area contributed by atoms with Crippen LogP contribution in [0.15, 0.2) is 0 Å². The van der Waals surface area contributed by atoms with E-state index < -0.39 is 0 Å². The highest BCUT2D eigenvalue weighted by Gasteiger charge is 2.30. The molecule has 1 fully saturated rings. The fourth-order valence-corrected chi connectivity index (χ4v) is 3.12. The summed E-state index contributed by atoms with van der Waals surface area (Å²) in [7, 11) is 0. The van der Waals surface area contributed by atoms with Crippen molar-refractivity contribution in [3.63, 3.8) is 0 Å². The molecule has 1 unspecified atom stereocenters. The van der Waals surface area contributed by atoms with Crippen LogP contribution in [0.5, 0.6) is 0 Å². The van der Waals surface area contributed by atoms with Crippen molar-refractivity contribution < 1.29 is 5.11 Å². The zero-order chi connectivity index (χ0) is 14.3. The van der Waals surface area contributed by atoms with E-state index >= 15 is 0 Å². The van der Waals surface area contributed by atoms with E-state index in [1.165, 1.54) is 25.7 Å². The summed E-state index contributed by atoms with van der Waals surface area (Å²) in [5, 5.41) is 13.3. The summed E-state index contributed by atoms with van der Waals surface area (Å²) in [5.41, 5.74) is -0.159. The first-order chi connectivity index (χ1) is 9.00. The molecule has 0 spiro atoms. The molecule has 0 aliphatic heterocycles. The molecule has 1 aliphatic rings. The van der Waals surface area contributed by atoms with Crippen molar-refractivity contribution in [3.05, 3.63) is 0 Å². The molecule has 0 aromatic heterocycles.